The van der Waals surface area contributed by atoms with E-state index in [1.165, 1.54) is 12.1 Å². The molecule has 124 valence electrons. The van der Waals surface area contributed by atoms with Gasteiger partial charge in [0, 0.05) is 23.0 Å². The summed E-state index contributed by atoms with van der Waals surface area (Å²) in [6.07, 6.45) is 2.99. The lowest BCUT2D eigenvalue weighted by atomic mass is 10.3. The van der Waals surface area contributed by atoms with Crippen molar-refractivity contribution in [2.24, 2.45) is 0 Å². The smallest absolute Gasteiger partial charge is 0.272 e. The van der Waals surface area contributed by atoms with Crippen molar-refractivity contribution in [3.63, 3.8) is 0 Å². The monoisotopic (exact) mass is 360 g/mol. The number of nitrogens with one attached hydrogen (secondary N) is 1. The van der Waals surface area contributed by atoms with E-state index in [1.807, 2.05) is 34.3 Å². The number of anilines is 1. The molecule has 0 aliphatic carbocycles. The third-order valence-electron chi connectivity index (χ3n) is 3.49. The number of benzene rings is 1. The molecule has 3 rings (SSSR count). The van der Waals surface area contributed by atoms with Crippen molar-refractivity contribution in [3.8, 4) is 0 Å². The molecule has 0 radical (unpaired) electrons. The van der Waals surface area contributed by atoms with Crippen molar-refractivity contribution in [3.05, 3.63) is 70.7 Å². The molecular weight excluding hydrogens is 344 g/mol. The van der Waals surface area contributed by atoms with Crippen LogP contribution in [-0.2, 0) is 16.4 Å². The highest BCUT2D eigenvalue weighted by Crippen LogP contribution is 2.17. The molecule has 5 nitrogen and oxygen atoms in total. The number of nitrogens with zero attached hydrogens (tertiary/aromatic N) is 1. The molecule has 0 bridgehead atoms. The largest absolute Gasteiger partial charge is 0.338 e. The Morgan fingerprint density at radius 3 is 2.71 bits per heavy atom. The minimum absolute atomic E-state index is 0.175. The van der Waals surface area contributed by atoms with Crippen molar-refractivity contribution in [1.82, 2.24) is 4.57 Å². The van der Waals surface area contributed by atoms with E-state index in [4.69, 9.17) is 0 Å². The van der Waals surface area contributed by atoms with Crippen LogP contribution in [0.1, 0.15) is 15.4 Å². The van der Waals surface area contributed by atoms with Gasteiger partial charge in [-0.15, -0.1) is 11.3 Å². The molecule has 0 atom stereocenters. The number of rotatable bonds is 5. The molecule has 2 heterocycles. The van der Waals surface area contributed by atoms with E-state index in [0.717, 1.165) is 11.1 Å². The second kappa shape index (κ2) is 6.62. The van der Waals surface area contributed by atoms with Gasteiger partial charge in [-0.05, 0) is 41.8 Å². The summed E-state index contributed by atoms with van der Waals surface area (Å²) in [6, 6.07) is 13.8. The molecular formula is C17H16N2O3S2. The van der Waals surface area contributed by atoms with E-state index >= 15 is 0 Å². The van der Waals surface area contributed by atoms with Crippen LogP contribution in [0.25, 0.3) is 0 Å². The van der Waals surface area contributed by atoms with Gasteiger partial charge in [0.1, 0.15) is 5.69 Å². The summed E-state index contributed by atoms with van der Waals surface area (Å²) in [6.45, 7) is 0.622. The number of hydrogen-bond donors (Lipinski definition) is 1. The average Bonchev–Trinajstić information content (AvgIpc) is 3.19. The molecule has 0 aliphatic rings. The van der Waals surface area contributed by atoms with Gasteiger partial charge in [0.2, 0.25) is 0 Å². The Morgan fingerprint density at radius 1 is 1.17 bits per heavy atom. The number of aromatic nitrogens is 1. The summed E-state index contributed by atoms with van der Waals surface area (Å²) in [5.74, 6) is -0.276. The van der Waals surface area contributed by atoms with Gasteiger partial charge in [-0.1, -0.05) is 12.1 Å². The van der Waals surface area contributed by atoms with Crippen LogP contribution >= 0.6 is 11.3 Å². The zero-order valence-electron chi connectivity index (χ0n) is 13.0. The van der Waals surface area contributed by atoms with Crippen molar-refractivity contribution < 1.29 is 13.2 Å². The fourth-order valence-corrected chi connectivity index (χ4v) is 3.70. The number of amides is 1. The Hall–Kier alpha value is -2.38. The minimum Gasteiger partial charge on any atom is -0.338 e. The molecule has 24 heavy (non-hydrogen) atoms. The van der Waals surface area contributed by atoms with Crippen LogP contribution in [0.3, 0.4) is 0 Å². The predicted octanol–water partition coefficient (Wildman–Crippen LogP) is 3.25. The molecule has 0 aliphatic heterocycles. The van der Waals surface area contributed by atoms with E-state index in [9.17, 15) is 13.2 Å². The molecule has 1 amide bonds. The van der Waals surface area contributed by atoms with Gasteiger partial charge < -0.3 is 9.88 Å². The molecule has 0 spiro atoms. The maximum absolute atomic E-state index is 12.5. The van der Waals surface area contributed by atoms with Gasteiger partial charge >= 0.3 is 0 Å². The van der Waals surface area contributed by atoms with E-state index in [0.29, 0.717) is 17.9 Å². The van der Waals surface area contributed by atoms with Gasteiger partial charge in [-0.25, -0.2) is 8.42 Å². The van der Waals surface area contributed by atoms with Crippen molar-refractivity contribution in [2.45, 2.75) is 11.4 Å². The summed E-state index contributed by atoms with van der Waals surface area (Å²) in [7, 11) is -3.31. The lowest BCUT2D eigenvalue weighted by Crippen LogP contribution is -2.17. The molecule has 0 unspecified atom stereocenters. The quantitative estimate of drug-likeness (QED) is 0.759. The summed E-state index contributed by atoms with van der Waals surface area (Å²) < 4.78 is 25.1. The lowest BCUT2D eigenvalue weighted by Gasteiger charge is -2.10. The molecule has 7 heteroatoms. The summed E-state index contributed by atoms with van der Waals surface area (Å²) in [4.78, 5) is 13.8. The Labute approximate surface area is 144 Å². The molecule has 0 fully saturated rings. The van der Waals surface area contributed by atoms with Crippen molar-refractivity contribution in [1.29, 1.82) is 0 Å². The third-order valence-corrected chi connectivity index (χ3v) is 5.46. The van der Waals surface area contributed by atoms with Crippen LogP contribution in [0.4, 0.5) is 5.69 Å². The Bertz CT molecular complexity index is 957. The number of sulfone groups is 1. The lowest BCUT2D eigenvalue weighted by molar-refractivity contribution is 0.101. The third kappa shape index (κ3) is 3.74. The first-order valence-electron chi connectivity index (χ1n) is 7.22. The second-order valence-corrected chi connectivity index (χ2v) is 8.40. The molecule has 0 saturated carbocycles. The summed E-state index contributed by atoms with van der Waals surface area (Å²) in [5.41, 5.74) is 0.972. The zero-order chi connectivity index (χ0) is 17.2. The van der Waals surface area contributed by atoms with Gasteiger partial charge in [-0.2, -0.15) is 0 Å². The van der Waals surface area contributed by atoms with Crippen LogP contribution in [0.15, 0.2) is 65.0 Å². The summed E-state index contributed by atoms with van der Waals surface area (Å²) in [5, 5.41) is 4.75. The summed E-state index contributed by atoms with van der Waals surface area (Å²) >= 11 is 1.63. The first-order valence-corrected chi connectivity index (χ1v) is 9.99. The standard InChI is InChI=1S/C17H16N2O3S2/c1-24(21,22)15-7-2-5-13(11-15)18-17(20)16-8-3-9-19(16)12-14-6-4-10-23-14/h2-11H,12H2,1H3,(H,18,20). The highest BCUT2D eigenvalue weighted by Gasteiger charge is 2.13. The van der Waals surface area contributed by atoms with E-state index in [1.54, 1.807) is 29.5 Å². The van der Waals surface area contributed by atoms with Gasteiger partial charge in [0.15, 0.2) is 9.84 Å². The first-order chi connectivity index (χ1) is 11.4. The number of thiophene rings is 1. The Kier molecular flexibility index (Phi) is 4.55. The fourth-order valence-electron chi connectivity index (χ4n) is 2.33. The molecule has 0 saturated heterocycles. The second-order valence-electron chi connectivity index (χ2n) is 5.35. The van der Waals surface area contributed by atoms with Crippen LogP contribution in [0, 0.1) is 0 Å². The van der Waals surface area contributed by atoms with Crippen LogP contribution in [-0.4, -0.2) is 25.1 Å². The Balaban J connectivity index is 1.80. The van der Waals surface area contributed by atoms with Gasteiger partial charge in [0.25, 0.3) is 5.91 Å². The predicted molar refractivity (Wildman–Crippen MR) is 95.4 cm³/mol. The van der Waals surface area contributed by atoms with Crippen LogP contribution < -0.4 is 5.32 Å². The van der Waals surface area contributed by atoms with Crippen LogP contribution in [0.2, 0.25) is 0 Å². The van der Waals surface area contributed by atoms with Crippen molar-refractivity contribution in [2.75, 3.05) is 11.6 Å². The average molecular weight is 360 g/mol. The molecule has 3 aromatic rings. The van der Waals surface area contributed by atoms with Gasteiger partial charge in [0.05, 0.1) is 11.4 Å². The minimum atomic E-state index is -3.31. The zero-order valence-corrected chi connectivity index (χ0v) is 14.6. The normalized spacial score (nSPS) is 11.4. The maximum Gasteiger partial charge on any atom is 0.272 e. The van der Waals surface area contributed by atoms with Crippen LogP contribution in [0.5, 0.6) is 0 Å². The van der Waals surface area contributed by atoms with Gasteiger partial charge in [-0.3, -0.25) is 4.79 Å². The number of carbonyl (C=O) groups excluding carboxylic acids is 1. The SMILES string of the molecule is CS(=O)(=O)c1cccc(NC(=O)c2cccn2Cc2cccs2)c1. The van der Waals surface area contributed by atoms with E-state index in [2.05, 4.69) is 5.32 Å². The first kappa shape index (κ1) is 16.5. The molecule has 2 aromatic heterocycles. The Morgan fingerprint density at radius 2 is 2.00 bits per heavy atom. The van der Waals surface area contributed by atoms with E-state index in [-0.39, 0.29) is 10.8 Å². The number of hydrogen-bond acceptors (Lipinski definition) is 4. The maximum atomic E-state index is 12.5. The highest BCUT2D eigenvalue weighted by molar-refractivity contribution is 7.90. The molecule has 1 aromatic carbocycles. The molecule has 1 N–H and O–H groups in total. The van der Waals surface area contributed by atoms with E-state index < -0.39 is 9.84 Å². The van der Waals surface area contributed by atoms with Crippen molar-refractivity contribution >= 4 is 32.8 Å². The fraction of sp³-hybridized carbons (Fsp3) is 0.118. The highest BCUT2D eigenvalue weighted by atomic mass is 32.2. The topological polar surface area (TPSA) is 68.2 Å². The number of carbonyl (C=O) groups is 1.